The first-order valence-electron chi connectivity index (χ1n) is 5.53. The summed E-state index contributed by atoms with van der Waals surface area (Å²) < 4.78 is 13.7. The van der Waals surface area contributed by atoms with Gasteiger partial charge >= 0.3 is 0 Å². The van der Waals surface area contributed by atoms with Crippen LogP contribution in [0.2, 0.25) is 0 Å². The van der Waals surface area contributed by atoms with E-state index in [9.17, 15) is 9.18 Å². The van der Waals surface area contributed by atoms with Crippen molar-refractivity contribution >= 4 is 5.91 Å². The fraction of sp³-hybridized carbons (Fsp3) is 0.385. The molecule has 17 heavy (non-hydrogen) atoms. The van der Waals surface area contributed by atoms with E-state index in [0.717, 1.165) is 0 Å². The number of hydrogen-bond acceptors (Lipinski definition) is 2. The van der Waals surface area contributed by atoms with Crippen molar-refractivity contribution in [2.45, 2.75) is 32.7 Å². The highest BCUT2D eigenvalue weighted by atomic mass is 19.1. The fourth-order valence-electron chi connectivity index (χ4n) is 1.49. The van der Waals surface area contributed by atoms with Gasteiger partial charge < -0.3 is 5.32 Å². The standard InChI is InChI=1S/C13H15FN2O/c1-3-10(7-8-15)16-13(17)11-6-4-5-9(2)12(11)14/h4-6,10H,3,7H2,1-2H3,(H,16,17). The molecule has 0 radical (unpaired) electrons. The lowest BCUT2D eigenvalue weighted by Crippen LogP contribution is -2.34. The first kappa shape index (κ1) is 13.2. The number of amides is 1. The Bertz CT molecular complexity index is 451. The summed E-state index contributed by atoms with van der Waals surface area (Å²) in [5.41, 5.74) is 0.465. The smallest absolute Gasteiger partial charge is 0.254 e. The first-order valence-corrected chi connectivity index (χ1v) is 5.53. The van der Waals surface area contributed by atoms with Gasteiger partial charge in [-0.05, 0) is 25.0 Å². The lowest BCUT2D eigenvalue weighted by molar-refractivity contribution is 0.0932. The molecule has 3 nitrogen and oxygen atoms in total. The molecule has 0 saturated heterocycles. The molecule has 0 aromatic heterocycles. The number of nitrogens with zero attached hydrogens (tertiary/aromatic N) is 1. The third-order valence-electron chi connectivity index (χ3n) is 2.60. The quantitative estimate of drug-likeness (QED) is 0.870. The van der Waals surface area contributed by atoms with Crippen LogP contribution in [-0.2, 0) is 0 Å². The van der Waals surface area contributed by atoms with Crippen LogP contribution >= 0.6 is 0 Å². The zero-order chi connectivity index (χ0) is 12.8. The molecule has 1 aromatic rings. The molecular weight excluding hydrogens is 219 g/mol. The van der Waals surface area contributed by atoms with Gasteiger partial charge in [0.25, 0.3) is 5.91 Å². The summed E-state index contributed by atoms with van der Waals surface area (Å²) in [6.45, 7) is 3.48. The number of benzene rings is 1. The van der Waals surface area contributed by atoms with E-state index in [1.54, 1.807) is 19.1 Å². The molecule has 0 aliphatic rings. The molecule has 1 rings (SSSR count). The number of rotatable bonds is 4. The van der Waals surface area contributed by atoms with Crippen LogP contribution in [0.1, 0.15) is 35.7 Å². The summed E-state index contributed by atoms with van der Waals surface area (Å²) in [5.74, 6) is -0.967. The second-order valence-electron chi connectivity index (χ2n) is 3.88. The molecule has 0 aliphatic carbocycles. The van der Waals surface area contributed by atoms with Crippen molar-refractivity contribution in [3.8, 4) is 6.07 Å². The molecule has 0 spiro atoms. The lowest BCUT2D eigenvalue weighted by Gasteiger charge is -2.14. The number of carbonyl (C=O) groups excluding carboxylic acids is 1. The number of halogens is 1. The van der Waals surface area contributed by atoms with E-state index in [1.807, 2.05) is 13.0 Å². The number of carbonyl (C=O) groups is 1. The Morgan fingerprint density at radius 2 is 2.29 bits per heavy atom. The Morgan fingerprint density at radius 1 is 1.59 bits per heavy atom. The van der Waals surface area contributed by atoms with Crippen LogP contribution in [0.5, 0.6) is 0 Å². The van der Waals surface area contributed by atoms with Gasteiger partial charge in [-0.1, -0.05) is 19.1 Å². The molecule has 1 N–H and O–H groups in total. The average molecular weight is 234 g/mol. The van der Waals surface area contributed by atoms with E-state index < -0.39 is 11.7 Å². The second kappa shape index (κ2) is 6.00. The number of aryl methyl sites for hydroxylation is 1. The molecule has 1 unspecified atom stereocenters. The van der Waals surface area contributed by atoms with Gasteiger partial charge in [0.2, 0.25) is 0 Å². The minimum Gasteiger partial charge on any atom is -0.348 e. The Morgan fingerprint density at radius 3 is 2.88 bits per heavy atom. The Balaban J connectivity index is 2.83. The van der Waals surface area contributed by atoms with Gasteiger partial charge in [-0.25, -0.2) is 4.39 Å². The van der Waals surface area contributed by atoms with Crippen molar-refractivity contribution in [3.63, 3.8) is 0 Å². The van der Waals surface area contributed by atoms with Gasteiger partial charge in [-0.3, -0.25) is 4.79 Å². The van der Waals surface area contributed by atoms with E-state index in [0.29, 0.717) is 12.0 Å². The first-order chi connectivity index (χ1) is 8.10. The summed E-state index contributed by atoms with van der Waals surface area (Å²) in [5, 5.41) is 11.2. The van der Waals surface area contributed by atoms with Gasteiger partial charge in [0.1, 0.15) is 5.82 Å². The van der Waals surface area contributed by atoms with Crippen LogP contribution < -0.4 is 5.32 Å². The van der Waals surface area contributed by atoms with Gasteiger partial charge in [-0.2, -0.15) is 5.26 Å². The highest BCUT2D eigenvalue weighted by molar-refractivity contribution is 5.94. The summed E-state index contributed by atoms with van der Waals surface area (Å²) in [4.78, 5) is 11.8. The fourth-order valence-corrected chi connectivity index (χ4v) is 1.49. The maximum absolute atomic E-state index is 13.7. The third kappa shape index (κ3) is 3.28. The normalized spacial score (nSPS) is 11.6. The molecule has 0 aliphatic heterocycles. The molecule has 0 saturated carbocycles. The van der Waals surface area contributed by atoms with Gasteiger partial charge in [-0.15, -0.1) is 0 Å². The Hall–Kier alpha value is -1.89. The van der Waals surface area contributed by atoms with Crippen molar-refractivity contribution in [2.75, 3.05) is 0 Å². The predicted molar refractivity (Wildman–Crippen MR) is 62.9 cm³/mol. The average Bonchev–Trinajstić information content (AvgIpc) is 2.31. The number of nitriles is 1. The summed E-state index contributed by atoms with van der Waals surface area (Å²) in [7, 11) is 0. The summed E-state index contributed by atoms with van der Waals surface area (Å²) >= 11 is 0. The maximum Gasteiger partial charge on any atom is 0.254 e. The SMILES string of the molecule is CCC(CC#N)NC(=O)c1cccc(C)c1F. The molecule has 1 amide bonds. The van der Waals surface area contributed by atoms with Crippen molar-refractivity contribution in [2.24, 2.45) is 0 Å². The molecule has 0 heterocycles. The highest BCUT2D eigenvalue weighted by Crippen LogP contribution is 2.12. The molecule has 0 fully saturated rings. The van der Waals surface area contributed by atoms with Crippen LogP contribution in [0.25, 0.3) is 0 Å². The highest BCUT2D eigenvalue weighted by Gasteiger charge is 2.16. The zero-order valence-electron chi connectivity index (χ0n) is 9.96. The van der Waals surface area contributed by atoms with E-state index in [1.165, 1.54) is 6.07 Å². The van der Waals surface area contributed by atoms with E-state index >= 15 is 0 Å². The molecular formula is C13H15FN2O. The number of nitrogens with one attached hydrogen (secondary N) is 1. The number of hydrogen-bond donors (Lipinski definition) is 1. The second-order valence-corrected chi connectivity index (χ2v) is 3.88. The zero-order valence-corrected chi connectivity index (χ0v) is 9.96. The van der Waals surface area contributed by atoms with Crippen molar-refractivity contribution < 1.29 is 9.18 Å². The Labute approximate surface area is 100 Å². The molecule has 1 aromatic carbocycles. The van der Waals surface area contributed by atoms with Gasteiger partial charge in [0.15, 0.2) is 0 Å². The van der Waals surface area contributed by atoms with Crippen LogP contribution in [0.4, 0.5) is 4.39 Å². The third-order valence-corrected chi connectivity index (χ3v) is 2.60. The van der Waals surface area contributed by atoms with Crippen molar-refractivity contribution in [3.05, 3.63) is 35.1 Å². The van der Waals surface area contributed by atoms with Gasteiger partial charge in [0, 0.05) is 6.04 Å². The molecule has 0 bridgehead atoms. The monoisotopic (exact) mass is 234 g/mol. The minimum absolute atomic E-state index is 0.0291. The largest absolute Gasteiger partial charge is 0.348 e. The Kier molecular flexibility index (Phi) is 4.65. The maximum atomic E-state index is 13.7. The molecule has 1 atom stereocenters. The van der Waals surface area contributed by atoms with E-state index in [2.05, 4.69) is 5.32 Å². The predicted octanol–water partition coefficient (Wildman–Crippen LogP) is 2.56. The van der Waals surface area contributed by atoms with Crippen LogP contribution in [-0.4, -0.2) is 11.9 Å². The summed E-state index contributed by atoms with van der Waals surface area (Å²) in [6, 6.07) is 6.45. The molecule has 90 valence electrons. The van der Waals surface area contributed by atoms with Crippen LogP contribution in [0, 0.1) is 24.1 Å². The van der Waals surface area contributed by atoms with Crippen LogP contribution in [0.3, 0.4) is 0 Å². The van der Waals surface area contributed by atoms with Crippen molar-refractivity contribution in [1.82, 2.24) is 5.32 Å². The van der Waals surface area contributed by atoms with Crippen molar-refractivity contribution in [1.29, 1.82) is 5.26 Å². The van der Waals surface area contributed by atoms with Gasteiger partial charge in [0.05, 0.1) is 18.1 Å². The van der Waals surface area contributed by atoms with E-state index in [-0.39, 0.29) is 18.0 Å². The van der Waals surface area contributed by atoms with E-state index in [4.69, 9.17) is 5.26 Å². The topological polar surface area (TPSA) is 52.9 Å². The summed E-state index contributed by atoms with van der Waals surface area (Å²) in [6.07, 6.45) is 0.877. The molecule has 4 heteroatoms. The lowest BCUT2D eigenvalue weighted by atomic mass is 10.1. The minimum atomic E-state index is -0.503. The van der Waals surface area contributed by atoms with Crippen LogP contribution in [0.15, 0.2) is 18.2 Å².